The van der Waals surface area contributed by atoms with Crippen LogP contribution in [0.15, 0.2) is 18.2 Å². The van der Waals surface area contributed by atoms with Crippen molar-refractivity contribution in [1.82, 2.24) is 10.2 Å². The van der Waals surface area contributed by atoms with Crippen molar-refractivity contribution in [1.29, 1.82) is 0 Å². The zero-order chi connectivity index (χ0) is 13.1. The summed E-state index contributed by atoms with van der Waals surface area (Å²) in [5, 5.41) is 3.29. The van der Waals surface area contributed by atoms with E-state index in [1.165, 1.54) is 18.2 Å². The van der Waals surface area contributed by atoms with Gasteiger partial charge in [0, 0.05) is 24.7 Å². The first-order chi connectivity index (χ1) is 8.61. The van der Waals surface area contributed by atoms with Gasteiger partial charge in [0.05, 0.1) is 0 Å². The molecular formula is C14H20F2N2. The van der Waals surface area contributed by atoms with E-state index in [1.807, 2.05) is 7.05 Å². The van der Waals surface area contributed by atoms with Crippen molar-refractivity contribution >= 4 is 0 Å². The van der Waals surface area contributed by atoms with Gasteiger partial charge >= 0.3 is 0 Å². The summed E-state index contributed by atoms with van der Waals surface area (Å²) in [5.74, 6) is -0.393. The SMILES string of the molecule is CNC1CCN(Cc2c(F)cccc2F)CC1C. The molecule has 0 amide bonds. The molecule has 1 aromatic rings. The summed E-state index contributed by atoms with van der Waals surface area (Å²) in [7, 11) is 1.97. The summed E-state index contributed by atoms with van der Waals surface area (Å²) in [6.45, 7) is 4.28. The Labute approximate surface area is 107 Å². The minimum Gasteiger partial charge on any atom is -0.317 e. The molecule has 1 aliphatic rings. The second kappa shape index (κ2) is 5.76. The van der Waals surface area contributed by atoms with Crippen LogP contribution in [0.4, 0.5) is 8.78 Å². The predicted molar refractivity (Wildman–Crippen MR) is 68.3 cm³/mol. The Morgan fingerprint density at radius 3 is 2.56 bits per heavy atom. The number of rotatable bonds is 3. The predicted octanol–water partition coefficient (Wildman–Crippen LogP) is 2.39. The minimum atomic E-state index is -0.446. The molecule has 1 heterocycles. The van der Waals surface area contributed by atoms with Crippen LogP contribution in [-0.2, 0) is 6.54 Å². The van der Waals surface area contributed by atoms with Gasteiger partial charge in [0.1, 0.15) is 11.6 Å². The van der Waals surface area contributed by atoms with E-state index < -0.39 is 11.6 Å². The third-order valence-corrected chi connectivity index (χ3v) is 3.80. The van der Waals surface area contributed by atoms with Crippen LogP contribution >= 0.6 is 0 Å². The van der Waals surface area contributed by atoms with Crippen LogP contribution in [0.1, 0.15) is 18.9 Å². The lowest BCUT2D eigenvalue weighted by molar-refractivity contribution is 0.142. The molecular weight excluding hydrogens is 234 g/mol. The average Bonchev–Trinajstić information content (AvgIpc) is 2.34. The summed E-state index contributed by atoms with van der Waals surface area (Å²) in [4.78, 5) is 2.12. The molecule has 0 aromatic heterocycles. The second-order valence-electron chi connectivity index (χ2n) is 5.10. The zero-order valence-corrected chi connectivity index (χ0v) is 10.9. The van der Waals surface area contributed by atoms with Crippen LogP contribution in [0.5, 0.6) is 0 Å². The summed E-state index contributed by atoms with van der Waals surface area (Å²) in [6, 6.07) is 4.56. The first-order valence-electron chi connectivity index (χ1n) is 6.44. The molecule has 1 aromatic carbocycles. The Balaban J connectivity index is 2.03. The maximum atomic E-state index is 13.6. The Morgan fingerprint density at radius 1 is 1.33 bits per heavy atom. The molecule has 2 rings (SSSR count). The Morgan fingerprint density at radius 2 is 2.00 bits per heavy atom. The van der Waals surface area contributed by atoms with E-state index >= 15 is 0 Å². The smallest absolute Gasteiger partial charge is 0.130 e. The molecule has 1 N–H and O–H groups in total. The maximum absolute atomic E-state index is 13.6. The number of benzene rings is 1. The highest BCUT2D eigenvalue weighted by Gasteiger charge is 2.25. The third kappa shape index (κ3) is 2.87. The first kappa shape index (κ1) is 13.4. The number of piperidine rings is 1. The van der Waals surface area contributed by atoms with Crippen LogP contribution < -0.4 is 5.32 Å². The zero-order valence-electron chi connectivity index (χ0n) is 10.9. The van der Waals surface area contributed by atoms with Gasteiger partial charge < -0.3 is 5.32 Å². The van der Waals surface area contributed by atoms with Crippen LogP contribution in [0.25, 0.3) is 0 Å². The lowest BCUT2D eigenvalue weighted by atomic mass is 9.93. The van der Waals surface area contributed by atoms with Gasteiger partial charge in [0.2, 0.25) is 0 Å². The lowest BCUT2D eigenvalue weighted by Gasteiger charge is -2.36. The summed E-state index contributed by atoms with van der Waals surface area (Å²) in [5.41, 5.74) is 0.188. The molecule has 4 heteroatoms. The summed E-state index contributed by atoms with van der Waals surface area (Å²) in [6.07, 6.45) is 1.02. The van der Waals surface area contributed by atoms with Crippen LogP contribution in [0.3, 0.4) is 0 Å². The van der Waals surface area contributed by atoms with E-state index in [0.717, 1.165) is 19.5 Å². The van der Waals surface area contributed by atoms with Gasteiger partial charge in [0.25, 0.3) is 0 Å². The monoisotopic (exact) mass is 254 g/mol. The quantitative estimate of drug-likeness (QED) is 0.891. The summed E-state index contributed by atoms with van der Waals surface area (Å²) < 4.78 is 27.1. The van der Waals surface area contributed by atoms with Crippen molar-refractivity contribution in [3.05, 3.63) is 35.4 Å². The van der Waals surface area contributed by atoms with Gasteiger partial charge in [-0.1, -0.05) is 13.0 Å². The van der Waals surface area contributed by atoms with Gasteiger partial charge in [-0.25, -0.2) is 8.78 Å². The number of hydrogen-bond acceptors (Lipinski definition) is 2. The molecule has 0 radical (unpaired) electrons. The Bertz CT molecular complexity index is 389. The van der Waals surface area contributed by atoms with E-state index in [9.17, 15) is 8.78 Å². The van der Waals surface area contributed by atoms with E-state index in [1.54, 1.807) is 0 Å². The third-order valence-electron chi connectivity index (χ3n) is 3.80. The molecule has 1 saturated heterocycles. The number of nitrogens with one attached hydrogen (secondary N) is 1. The van der Waals surface area contributed by atoms with Gasteiger partial charge in [0.15, 0.2) is 0 Å². The number of nitrogens with zero attached hydrogens (tertiary/aromatic N) is 1. The molecule has 2 atom stereocenters. The number of likely N-dealkylation sites (tertiary alicyclic amines) is 1. The largest absolute Gasteiger partial charge is 0.317 e. The molecule has 2 unspecified atom stereocenters. The van der Waals surface area contributed by atoms with E-state index in [-0.39, 0.29) is 5.56 Å². The summed E-state index contributed by atoms with van der Waals surface area (Å²) >= 11 is 0. The van der Waals surface area contributed by atoms with Crippen molar-refractivity contribution < 1.29 is 8.78 Å². The van der Waals surface area contributed by atoms with Crippen LogP contribution in [0.2, 0.25) is 0 Å². The highest BCUT2D eigenvalue weighted by atomic mass is 19.1. The van der Waals surface area contributed by atoms with Crippen molar-refractivity contribution in [3.63, 3.8) is 0 Å². The lowest BCUT2D eigenvalue weighted by Crippen LogP contribution is -2.46. The van der Waals surface area contributed by atoms with Crippen LogP contribution in [-0.4, -0.2) is 31.1 Å². The molecule has 1 aliphatic heterocycles. The Kier molecular flexibility index (Phi) is 4.30. The topological polar surface area (TPSA) is 15.3 Å². The highest BCUT2D eigenvalue weighted by molar-refractivity contribution is 5.19. The fraction of sp³-hybridized carbons (Fsp3) is 0.571. The van der Waals surface area contributed by atoms with Gasteiger partial charge in [-0.05, 0) is 38.1 Å². The fourth-order valence-electron chi connectivity index (χ4n) is 2.71. The van der Waals surface area contributed by atoms with E-state index in [4.69, 9.17) is 0 Å². The van der Waals surface area contributed by atoms with Crippen molar-refractivity contribution in [3.8, 4) is 0 Å². The normalized spacial score (nSPS) is 25.3. The minimum absolute atomic E-state index is 0.188. The van der Waals surface area contributed by atoms with Crippen molar-refractivity contribution in [2.75, 3.05) is 20.1 Å². The highest BCUT2D eigenvalue weighted by Crippen LogP contribution is 2.21. The number of halogens is 2. The molecule has 0 saturated carbocycles. The fourth-order valence-corrected chi connectivity index (χ4v) is 2.71. The second-order valence-corrected chi connectivity index (χ2v) is 5.10. The maximum Gasteiger partial charge on any atom is 0.130 e. The van der Waals surface area contributed by atoms with Crippen LogP contribution in [0, 0.1) is 17.6 Å². The molecule has 0 spiro atoms. The molecule has 0 aliphatic carbocycles. The van der Waals surface area contributed by atoms with E-state index in [0.29, 0.717) is 18.5 Å². The molecule has 100 valence electrons. The van der Waals surface area contributed by atoms with Gasteiger partial charge in [-0.15, -0.1) is 0 Å². The molecule has 18 heavy (non-hydrogen) atoms. The van der Waals surface area contributed by atoms with Gasteiger partial charge in [-0.3, -0.25) is 4.90 Å². The average molecular weight is 254 g/mol. The molecule has 2 nitrogen and oxygen atoms in total. The van der Waals surface area contributed by atoms with Gasteiger partial charge in [-0.2, -0.15) is 0 Å². The molecule has 1 fully saturated rings. The first-order valence-corrected chi connectivity index (χ1v) is 6.44. The van der Waals surface area contributed by atoms with Crippen molar-refractivity contribution in [2.45, 2.75) is 25.9 Å². The molecule has 0 bridgehead atoms. The van der Waals surface area contributed by atoms with E-state index in [2.05, 4.69) is 17.1 Å². The standard InChI is InChI=1S/C14H20F2N2/c1-10-8-18(7-6-14(10)17-2)9-11-12(15)4-3-5-13(11)16/h3-5,10,14,17H,6-9H2,1-2H3. The van der Waals surface area contributed by atoms with Crippen molar-refractivity contribution in [2.24, 2.45) is 5.92 Å². The Hall–Kier alpha value is -1.00. The number of hydrogen-bond donors (Lipinski definition) is 1.